The summed E-state index contributed by atoms with van der Waals surface area (Å²) in [7, 11) is -2.68. The van der Waals surface area contributed by atoms with Crippen molar-refractivity contribution in [3.05, 3.63) is 52.9 Å². The van der Waals surface area contributed by atoms with Crippen LogP contribution in [0.25, 0.3) is 5.57 Å². The summed E-state index contributed by atoms with van der Waals surface area (Å²) in [6, 6.07) is 7.69. The molecule has 1 aromatic carbocycles. The van der Waals surface area contributed by atoms with Gasteiger partial charge in [0.05, 0.1) is 19.2 Å². The molecule has 1 aromatic heterocycles. The quantitative estimate of drug-likeness (QED) is 0.199. The molecule has 31 heavy (non-hydrogen) atoms. The maximum absolute atomic E-state index is 13.5. The molecule has 1 N–H and O–H groups in total. The Bertz CT molecular complexity index is 1200. The summed E-state index contributed by atoms with van der Waals surface area (Å²) in [4.78, 5) is 19.6. The molecule has 3 nitrogen and oxygen atoms in total. The van der Waals surface area contributed by atoms with Crippen molar-refractivity contribution in [1.82, 2.24) is 0 Å². The van der Waals surface area contributed by atoms with Gasteiger partial charge in [0.15, 0.2) is 5.78 Å². The number of aromatic hydroxyl groups is 1. The number of fused-ring (bicyclic) bond motifs is 2. The Morgan fingerprint density at radius 2 is 1.65 bits per heavy atom. The highest BCUT2D eigenvalue weighted by molar-refractivity contribution is 14.1. The van der Waals surface area contributed by atoms with Gasteiger partial charge in [-0.3, -0.25) is 4.79 Å². The first kappa shape index (κ1) is 23.4. The van der Waals surface area contributed by atoms with Gasteiger partial charge in [-0.1, -0.05) is 41.5 Å². The number of hydrogen-bond donors (Lipinski definition) is 1. The van der Waals surface area contributed by atoms with Gasteiger partial charge in [0.2, 0.25) is 0 Å². The zero-order chi connectivity index (χ0) is 22.9. The first-order valence-electron chi connectivity index (χ1n) is 10.1. The number of allylic oxidation sites excluding steroid dienone is 4. The SMILES string of the molecule is CC(C)(C)[Si]1(C(C)(C)C)C2=C(c3sc(I)cc3I)C(=O)C=CC2=Nc2ccc(O)cc21. The van der Waals surface area contributed by atoms with Crippen molar-refractivity contribution in [2.45, 2.75) is 51.6 Å². The molecule has 0 spiro atoms. The lowest BCUT2D eigenvalue weighted by atomic mass is 10.0. The maximum Gasteiger partial charge on any atom is 0.187 e. The number of carbonyl (C=O) groups excluding carboxylic acids is 1. The number of rotatable bonds is 1. The first-order valence-corrected chi connectivity index (χ1v) is 15.1. The molecule has 1 aliphatic heterocycles. The molecule has 0 bridgehead atoms. The van der Waals surface area contributed by atoms with E-state index in [1.807, 2.05) is 18.2 Å². The average Bonchev–Trinajstić information content (AvgIpc) is 2.95. The van der Waals surface area contributed by atoms with Crippen molar-refractivity contribution < 1.29 is 9.90 Å². The summed E-state index contributed by atoms with van der Waals surface area (Å²) in [5, 5.41) is 12.5. The van der Waals surface area contributed by atoms with Crippen LogP contribution in [0.4, 0.5) is 5.69 Å². The molecule has 0 atom stereocenters. The van der Waals surface area contributed by atoms with Crippen LogP contribution in [0, 0.1) is 6.45 Å². The molecule has 0 saturated heterocycles. The van der Waals surface area contributed by atoms with Crippen LogP contribution >= 0.6 is 56.5 Å². The monoisotopic (exact) mass is 673 g/mol. The van der Waals surface area contributed by atoms with Crippen molar-refractivity contribution in [2.75, 3.05) is 0 Å². The van der Waals surface area contributed by atoms with E-state index in [0.29, 0.717) is 0 Å². The van der Waals surface area contributed by atoms with Gasteiger partial charge in [0, 0.05) is 9.14 Å². The predicted molar refractivity (Wildman–Crippen MR) is 151 cm³/mol. The summed E-state index contributed by atoms with van der Waals surface area (Å²) in [5.74, 6) is 0.307. The second kappa shape index (κ2) is 7.63. The van der Waals surface area contributed by atoms with Crippen LogP contribution in [0.2, 0.25) is 10.1 Å². The molecule has 0 amide bonds. The number of nitrogens with zero attached hydrogens (tertiary/aromatic N) is 1. The van der Waals surface area contributed by atoms with Crippen LogP contribution in [-0.4, -0.2) is 24.7 Å². The highest BCUT2D eigenvalue weighted by Gasteiger charge is 2.61. The van der Waals surface area contributed by atoms with Crippen LogP contribution in [0.15, 0.2) is 46.6 Å². The maximum atomic E-state index is 13.5. The van der Waals surface area contributed by atoms with Gasteiger partial charge in [-0.05, 0) is 102 Å². The first-order chi connectivity index (χ1) is 14.3. The minimum Gasteiger partial charge on any atom is -0.508 e. The molecule has 4 rings (SSSR count). The van der Waals surface area contributed by atoms with Gasteiger partial charge in [0.1, 0.15) is 13.8 Å². The van der Waals surface area contributed by atoms with Crippen molar-refractivity contribution >= 4 is 92.5 Å². The van der Waals surface area contributed by atoms with Gasteiger partial charge in [-0.15, -0.1) is 11.3 Å². The predicted octanol–water partition coefficient (Wildman–Crippen LogP) is 7.14. The second-order valence-corrected chi connectivity index (χ2v) is 19.8. The minimum absolute atomic E-state index is 0.0547. The number of halogens is 2. The zero-order valence-corrected chi connectivity index (χ0v) is 24.6. The summed E-state index contributed by atoms with van der Waals surface area (Å²) in [6.07, 6.45) is 3.58. The van der Waals surface area contributed by atoms with E-state index in [9.17, 15) is 9.90 Å². The number of thiophene rings is 1. The van der Waals surface area contributed by atoms with Crippen LogP contribution < -0.4 is 5.19 Å². The molecule has 0 radical (unpaired) electrons. The lowest BCUT2D eigenvalue weighted by Crippen LogP contribution is -2.66. The molecule has 1 aliphatic carbocycles. The number of aliphatic imine (C=N–C) groups is 1. The fraction of sp³-hybridized carbons (Fsp3) is 0.333. The third-order valence-corrected chi connectivity index (χ3v) is 16.4. The lowest BCUT2D eigenvalue weighted by Gasteiger charge is -2.56. The number of ketones is 1. The van der Waals surface area contributed by atoms with Crippen LogP contribution in [-0.2, 0) is 4.79 Å². The normalized spacial score (nSPS) is 18.1. The van der Waals surface area contributed by atoms with Crippen molar-refractivity contribution in [3.8, 4) is 5.75 Å². The number of carbonyl (C=O) groups is 1. The minimum atomic E-state index is -2.68. The molecule has 162 valence electrons. The molecule has 0 saturated carbocycles. The Balaban J connectivity index is 2.28. The van der Waals surface area contributed by atoms with Crippen LogP contribution in [0.3, 0.4) is 0 Å². The zero-order valence-electron chi connectivity index (χ0n) is 18.4. The molecular formula is C24H25I2NO2SSi. The number of phenolic OH excluding ortho intramolecular Hbond substituents is 1. The van der Waals surface area contributed by atoms with Gasteiger partial charge >= 0.3 is 0 Å². The smallest absolute Gasteiger partial charge is 0.187 e. The third kappa shape index (κ3) is 3.45. The molecule has 2 aromatic rings. The fourth-order valence-corrected chi connectivity index (χ4v) is 16.9. The third-order valence-electron chi connectivity index (χ3n) is 6.28. The van der Waals surface area contributed by atoms with Crippen LogP contribution in [0.5, 0.6) is 5.75 Å². The molecule has 0 fully saturated rings. The Kier molecular flexibility index (Phi) is 5.75. The molecule has 7 heteroatoms. The molecular weight excluding hydrogens is 648 g/mol. The van der Waals surface area contributed by atoms with Gasteiger partial charge in [-0.2, -0.15) is 0 Å². The number of hydrogen-bond acceptors (Lipinski definition) is 4. The average molecular weight is 673 g/mol. The van der Waals surface area contributed by atoms with Gasteiger partial charge < -0.3 is 5.11 Å². The van der Waals surface area contributed by atoms with E-state index in [1.165, 1.54) is 2.88 Å². The second-order valence-electron chi connectivity index (χ2n) is 10.1. The van der Waals surface area contributed by atoms with Crippen molar-refractivity contribution in [1.29, 1.82) is 0 Å². The standard InChI is InChI=1S/C24H25I2NO2SSi/c1-23(2,3)31(24(4,5)6)18-11-13(28)7-8-15(18)27-16-9-10-17(29)20(22(16)31)21-14(25)12-19(26)30-21/h7-12,28H,1-6H3. The van der Waals surface area contributed by atoms with E-state index in [0.717, 1.165) is 35.8 Å². The Labute approximate surface area is 216 Å². The number of benzene rings is 1. The van der Waals surface area contributed by atoms with E-state index in [4.69, 9.17) is 4.99 Å². The topological polar surface area (TPSA) is 49.7 Å². The summed E-state index contributed by atoms with van der Waals surface area (Å²) < 4.78 is 2.27. The largest absolute Gasteiger partial charge is 0.508 e. The fourth-order valence-electron chi connectivity index (χ4n) is 5.65. The highest BCUT2D eigenvalue weighted by Crippen LogP contribution is 2.59. The van der Waals surface area contributed by atoms with E-state index >= 15 is 0 Å². The Hall–Kier alpha value is -0.783. The van der Waals surface area contributed by atoms with E-state index in [2.05, 4.69) is 92.8 Å². The molecule has 2 heterocycles. The summed E-state index contributed by atoms with van der Waals surface area (Å²) >= 11 is 6.35. The molecule has 0 unspecified atom stereocenters. The molecule has 2 aliphatic rings. The van der Waals surface area contributed by atoms with Crippen molar-refractivity contribution in [2.24, 2.45) is 4.99 Å². The van der Waals surface area contributed by atoms with E-state index in [-0.39, 0.29) is 21.6 Å². The Morgan fingerprint density at radius 1 is 1.00 bits per heavy atom. The summed E-state index contributed by atoms with van der Waals surface area (Å²) in [5.41, 5.74) is 2.63. The summed E-state index contributed by atoms with van der Waals surface area (Å²) in [6.45, 7) is 13.7. The van der Waals surface area contributed by atoms with E-state index in [1.54, 1.807) is 23.5 Å². The Morgan fingerprint density at radius 3 is 2.19 bits per heavy atom. The van der Waals surface area contributed by atoms with Crippen molar-refractivity contribution in [3.63, 3.8) is 0 Å². The number of phenols is 1. The van der Waals surface area contributed by atoms with Gasteiger partial charge in [0.25, 0.3) is 0 Å². The van der Waals surface area contributed by atoms with E-state index < -0.39 is 8.07 Å². The lowest BCUT2D eigenvalue weighted by molar-refractivity contribution is -0.109. The highest BCUT2D eigenvalue weighted by atomic mass is 127. The van der Waals surface area contributed by atoms with Crippen LogP contribution in [0.1, 0.15) is 46.4 Å². The van der Waals surface area contributed by atoms with Gasteiger partial charge in [-0.25, -0.2) is 4.99 Å².